The third kappa shape index (κ3) is 16.8. The summed E-state index contributed by atoms with van der Waals surface area (Å²) in [6, 6.07) is 19.8. The van der Waals surface area contributed by atoms with E-state index in [1.54, 1.807) is 36.5 Å². The monoisotopic (exact) mass is 959 g/mol. The van der Waals surface area contributed by atoms with Crippen molar-refractivity contribution in [3.8, 4) is 0 Å². The molecule has 13 nitrogen and oxygen atoms in total. The molecule has 2 unspecified atom stereocenters. The van der Waals surface area contributed by atoms with Crippen LogP contribution >= 0.6 is 0 Å². The van der Waals surface area contributed by atoms with Gasteiger partial charge in [-0.15, -0.1) is 13.2 Å². The molecule has 69 heavy (non-hydrogen) atoms. The van der Waals surface area contributed by atoms with Gasteiger partial charge in [-0.25, -0.2) is 0 Å². The highest BCUT2D eigenvalue weighted by atomic mass is 16.6. The van der Waals surface area contributed by atoms with E-state index < -0.39 is 42.5 Å². The standard InChI is InChI=1S/C28H38O6.C27H36O7.CH4/c1-6-10-23-13-14-24(30)27(33-23)19(3)26-20(4)28(32-17-22-11-8-7-9-12-22)25(34-26)15-18(2)16-31-21(5)29;1-5-9-21-12-13-22(29)25(33-21)18(3)26-24(30)27(32-16-20-10-7-6-8-11-20)23(34-26)14-17(2)15-31-19(4)28;/h6-9,11-14,18-20,23,25-28H,1,10,15-17H2,2-5H3;5-8,10-13,17-18,21,23-27,30H,1,9,14-16H2,2-4H3;1H4/t18-,19+,20+,23-,25-,26+,27?,28-;17-,18-,21-,23-,24+,25?,26+,27+;/m11./s1. The van der Waals surface area contributed by atoms with Crippen LogP contribution in [0.15, 0.2) is 110 Å². The summed E-state index contributed by atoms with van der Waals surface area (Å²) in [6.07, 6.45) is 7.98. The lowest BCUT2D eigenvalue weighted by Crippen LogP contribution is -2.46. The van der Waals surface area contributed by atoms with Gasteiger partial charge in [-0.3, -0.25) is 19.2 Å². The Kier molecular flexibility index (Phi) is 23.4. The fraction of sp³-hybridized carbons (Fsp3) is 0.571. The summed E-state index contributed by atoms with van der Waals surface area (Å²) < 4.78 is 47.9. The molecule has 2 saturated heterocycles. The highest BCUT2D eigenvalue weighted by molar-refractivity contribution is 5.95. The van der Waals surface area contributed by atoms with Gasteiger partial charge in [-0.2, -0.15) is 0 Å². The van der Waals surface area contributed by atoms with E-state index in [4.69, 9.17) is 37.9 Å². The van der Waals surface area contributed by atoms with Gasteiger partial charge in [0, 0.05) is 31.6 Å². The third-order valence-electron chi connectivity index (χ3n) is 13.0. The summed E-state index contributed by atoms with van der Waals surface area (Å²) in [7, 11) is 0. The highest BCUT2D eigenvalue weighted by Gasteiger charge is 2.51. The van der Waals surface area contributed by atoms with Gasteiger partial charge in [0.15, 0.2) is 11.6 Å². The summed E-state index contributed by atoms with van der Waals surface area (Å²) in [6.45, 7) is 21.7. The van der Waals surface area contributed by atoms with E-state index in [2.05, 4.69) is 20.1 Å². The average molecular weight is 959 g/mol. The van der Waals surface area contributed by atoms with E-state index >= 15 is 0 Å². The SMILES string of the molecule is C.C=CC[C@@H]1C=CC(=O)C([C@@H](C)[C@@H]2O[C@H](C[C@@H](C)COC(C)=O)[C@H](OCc3ccccc3)[C@H]2C)O1.C=CC[C@@H]1C=CC(=O)C([C@@H](C)[C@@H]2O[C@H](C[C@@H](C)COC(C)=O)[C@H](OCc3ccccc3)[C@H]2O)O1. The molecule has 6 rings (SSSR count). The minimum Gasteiger partial charge on any atom is -0.466 e. The Hall–Kier alpha value is -4.60. The Balaban J connectivity index is 0.000000296. The first-order chi connectivity index (χ1) is 32.6. The van der Waals surface area contributed by atoms with Crippen LogP contribution in [-0.4, -0.2) is 109 Å². The largest absolute Gasteiger partial charge is 0.466 e. The van der Waals surface area contributed by atoms with Gasteiger partial charge in [0.1, 0.15) is 24.4 Å². The summed E-state index contributed by atoms with van der Waals surface area (Å²) >= 11 is 0. The van der Waals surface area contributed by atoms with Crippen LogP contribution in [0.3, 0.4) is 0 Å². The zero-order chi connectivity index (χ0) is 49.3. The molecule has 0 aliphatic carbocycles. The minimum atomic E-state index is -0.940. The Morgan fingerprint density at radius 1 is 0.652 bits per heavy atom. The maximum absolute atomic E-state index is 12.7. The first-order valence-corrected chi connectivity index (χ1v) is 24.1. The summed E-state index contributed by atoms with van der Waals surface area (Å²) in [4.78, 5) is 47.7. The second kappa shape index (κ2) is 28.3. The Morgan fingerprint density at radius 2 is 1.06 bits per heavy atom. The Bertz CT molecular complexity index is 1840. The van der Waals surface area contributed by atoms with E-state index in [9.17, 15) is 24.3 Å². The number of benzene rings is 2. The van der Waals surface area contributed by atoms with Crippen LogP contribution in [0.25, 0.3) is 0 Å². The second-order valence-corrected chi connectivity index (χ2v) is 18.9. The molecule has 0 spiro atoms. The highest BCUT2D eigenvalue weighted by Crippen LogP contribution is 2.40. The molecule has 1 N–H and O–H groups in total. The molecule has 2 fully saturated rings. The van der Waals surface area contributed by atoms with Gasteiger partial charge in [0.05, 0.1) is 69.2 Å². The van der Waals surface area contributed by atoms with Gasteiger partial charge >= 0.3 is 11.9 Å². The number of esters is 2. The molecule has 4 aliphatic heterocycles. The number of ketones is 2. The summed E-state index contributed by atoms with van der Waals surface area (Å²) in [5.74, 6) is -1.15. The van der Waals surface area contributed by atoms with E-state index in [1.807, 2.05) is 88.4 Å². The number of hydrogen-bond acceptors (Lipinski definition) is 13. The Morgan fingerprint density at radius 3 is 1.49 bits per heavy atom. The molecule has 0 aromatic heterocycles. The number of ether oxygens (including phenoxy) is 8. The van der Waals surface area contributed by atoms with Crippen molar-refractivity contribution >= 4 is 23.5 Å². The normalized spacial score (nSPS) is 30.2. The lowest BCUT2D eigenvalue weighted by molar-refractivity contribution is -0.144. The molecule has 2 aromatic carbocycles. The molecule has 0 radical (unpaired) electrons. The van der Waals surface area contributed by atoms with Gasteiger partial charge < -0.3 is 43.0 Å². The predicted molar refractivity (Wildman–Crippen MR) is 264 cm³/mol. The molecule has 4 aliphatic rings. The third-order valence-corrected chi connectivity index (χ3v) is 13.0. The fourth-order valence-corrected chi connectivity index (χ4v) is 9.46. The molecular formula is C56H78O13. The zero-order valence-corrected chi connectivity index (χ0v) is 40.9. The maximum atomic E-state index is 12.7. The molecular weight excluding hydrogens is 881 g/mol. The molecule has 0 bridgehead atoms. The predicted octanol–water partition coefficient (Wildman–Crippen LogP) is 8.70. The van der Waals surface area contributed by atoms with E-state index in [0.29, 0.717) is 45.5 Å². The van der Waals surface area contributed by atoms with Crippen LogP contribution < -0.4 is 0 Å². The van der Waals surface area contributed by atoms with Gasteiger partial charge in [-0.1, -0.05) is 127 Å². The second-order valence-electron chi connectivity index (χ2n) is 18.9. The molecule has 0 saturated carbocycles. The molecule has 0 amide bonds. The van der Waals surface area contributed by atoms with Gasteiger partial charge in [0.2, 0.25) is 0 Å². The van der Waals surface area contributed by atoms with Crippen LogP contribution in [0.5, 0.6) is 0 Å². The van der Waals surface area contributed by atoms with Crippen molar-refractivity contribution < 1.29 is 62.2 Å². The molecule has 16 atom stereocenters. The van der Waals surface area contributed by atoms with Crippen molar-refractivity contribution in [2.75, 3.05) is 13.2 Å². The van der Waals surface area contributed by atoms with E-state index in [-0.39, 0.29) is 91.7 Å². The van der Waals surface area contributed by atoms with Gasteiger partial charge in [-0.05, 0) is 60.8 Å². The lowest BCUT2D eigenvalue weighted by atomic mass is 9.84. The minimum absolute atomic E-state index is 0. The average Bonchev–Trinajstić information content (AvgIpc) is 3.80. The van der Waals surface area contributed by atoms with E-state index in [0.717, 1.165) is 11.1 Å². The van der Waals surface area contributed by atoms with Crippen molar-refractivity contribution in [3.05, 3.63) is 121 Å². The smallest absolute Gasteiger partial charge is 0.302 e. The number of carbonyl (C=O) groups is 4. The lowest BCUT2D eigenvalue weighted by Gasteiger charge is -2.33. The summed E-state index contributed by atoms with van der Waals surface area (Å²) in [5, 5.41) is 11.2. The van der Waals surface area contributed by atoms with Crippen molar-refractivity contribution in [3.63, 3.8) is 0 Å². The Labute approximate surface area is 410 Å². The maximum Gasteiger partial charge on any atom is 0.302 e. The van der Waals surface area contributed by atoms with Crippen LogP contribution in [0, 0.1) is 29.6 Å². The first-order valence-electron chi connectivity index (χ1n) is 24.1. The first kappa shape index (κ1) is 57.0. The van der Waals surface area contributed by atoms with Crippen molar-refractivity contribution in [1.82, 2.24) is 0 Å². The molecule has 4 heterocycles. The van der Waals surface area contributed by atoms with Crippen molar-refractivity contribution in [2.45, 2.75) is 162 Å². The van der Waals surface area contributed by atoms with Crippen LogP contribution in [0.4, 0.5) is 0 Å². The number of carbonyl (C=O) groups excluding carboxylic acids is 4. The van der Waals surface area contributed by atoms with Crippen LogP contribution in [-0.2, 0) is 70.3 Å². The molecule has 2 aromatic rings. The molecule has 380 valence electrons. The fourth-order valence-electron chi connectivity index (χ4n) is 9.46. The zero-order valence-electron chi connectivity index (χ0n) is 40.9. The van der Waals surface area contributed by atoms with Crippen molar-refractivity contribution in [2.24, 2.45) is 29.6 Å². The van der Waals surface area contributed by atoms with Gasteiger partial charge in [0.25, 0.3) is 0 Å². The molecule has 13 heteroatoms. The topological polar surface area (TPSA) is 162 Å². The van der Waals surface area contributed by atoms with Crippen molar-refractivity contribution in [1.29, 1.82) is 0 Å². The number of rotatable bonds is 22. The van der Waals surface area contributed by atoms with Crippen LogP contribution in [0.1, 0.15) is 92.7 Å². The summed E-state index contributed by atoms with van der Waals surface area (Å²) in [5.41, 5.74) is 2.09. The van der Waals surface area contributed by atoms with E-state index in [1.165, 1.54) is 13.8 Å². The number of aliphatic hydroxyl groups is 1. The number of hydrogen-bond donors (Lipinski definition) is 1. The number of aliphatic hydroxyl groups excluding tert-OH is 1. The van der Waals surface area contributed by atoms with Crippen LogP contribution in [0.2, 0.25) is 0 Å². The quantitative estimate of drug-likeness (QED) is 0.0882.